The van der Waals surface area contributed by atoms with Crippen molar-refractivity contribution in [1.82, 2.24) is 24.6 Å². The van der Waals surface area contributed by atoms with Crippen molar-refractivity contribution in [3.63, 3.8) is 0 Å². The second kappa shape index (κ2) is 6.08. The minimum Gasteiger partial charge on any atom is -0.352 e. The Labute approximate surface area is 142 Å². The van der Waals surface area contributed by atoms with Gasteiger partial charge in [-0.05, 0) is 25.5 Å². The Balaban J connectivity index is 1.70. The first-order chi connectivity index (χ1) is 12.1. The Hall–Kier alpha value is -3.10. The molecule has 3 aromatic rings. The van der Waals surface area contributed by atoms with E-state index in [4.69, 9.17) is 0 Å². The minimum atomic E-state index is -0.846. The Morgan fingerprint density at radius 1 is 1.36 bits per heavy atom. The van der Waals surface area contributed by atoms with E-state index in [-0.39, 0.29) is 5.91 Å². The van der Waals surface area contributed by atoms with Gasteiger partial charge in [-0.3, -0.25) is 9.78 Å². The molecule has 0 aliphatic carbocycles. The highest BCUT2D eigenvalue weighted by Crippen LogP contribution is 2.21. The number of anilines is 2. The number of aryl methyl sites for hydroxylation is 1. The van der Waals surface area contributed by atoms with E-state index in [2.05, 4.69) is 25.4 Å². The molecule has 4 rings (SSSR count). The lowest BCUT2D eigenvalue weighted by Gasteiger charge is -2.16. The fourth-order valence-corrected chi connectivity index (χ4v) is 2.93. The standard InChI is InChI=1S/C16H16FN7O/c1-10-15(16(25)21-12-8-18-5-6-19-12)24-13(20-10)2-3-14(22-24)23-7-4-11(17)9-23/h2-3,5-6,8,11H,4,7,9H2,1H3,(H,19,21,25)/t11-/m0/s1. The first-order valence-electron chi connectivity index (χ1n) is 7.94. The number of nitrogens with zero attached hydrogens (tertiary/aromatic N) is 6. The van der Waals surface area contributed by atoms with Gasteiger partial charge in [-0.2, -0.15) is 0 Å². The molecule has 0 radical (unpaired) electrons. The van der Waals surface area contributed by atoms with Gasteiger partial charge in [-0.1, -0.05) is 0 Å². The summed E-state index contributed by atoms with van der Waals surface area (Å²) >= 11 is 0. The zero-order valence-electron chi connectivity index (χ0n) is 13.6. The van der Waals surface area contributed by atoms with Crippen LogP contribution in [0.15, 0.2) is 30.7 Å². The van der Waals surface area contributed by atoms with E-state index in [1.165, 1.54) is 23.1 Å². The smallest absolute Gasteiger partial charge is 0.277 e. The predicted molar refractivity (Wildman–Crippen MR) is 89.4 cm³/mol. The second-order valence-corrected chi connectivity index (χ2v) is 5.88. The van der Waals surface area contributed by atoms with Crippen LogP contribution in [-0.2, 0) is 0 Å². The summed E-state index contributed by atoms with van der Waals surface area (Å²) in [7, 11) is 0. The highest BCUT2D eigenvalue weighted by atomic mass is 19.1. The van der Waals surface area contributed by atoms with Crippen molar-refractivity contribution in [2.24, 2.45) is 0 Å². The first-order valence-corrected chi connectivity index (χ1v) is 7.94. The van der Waals surface area contributed by atoms with Crippen LogP contribution in [0.25, 0.3) is 5.65 Å². The van der Waals surface area contributed by atoms with Gasteiger partial charge in [0.15, 0.2) is 17.2 Å². The van der Waals surface area contributed by atoms with Crippen molar-refractivity contribution in [1.29, 1.82) is 0 Å². The van der Waals surface area contributed by atoms with Gasteiger partial charge in [0.25, 0.3) is 5.91 Å². The Bertz CT molecular complexity index is 927. The van der Waals surface area contributed by atoms with Crippen molar-refractivity contribution in [3.05, 3.63) is 42.1 Å². The van der Waals surface area contributed by atoms with Crippen LogP contribution in [0.2, 0.25) is 0 Å². The molecule has 0 spiro atoms. The largest absolute Gasteiger partial charge is 0.352 e. The normalized spacial score (nSPS) is 17.2. The molecular weight excluding hydrogens is 325 g/mol. The summed E-state index contributed by atoms with van der Waals surface area (Å²) in [6, 6.07) is 3.57. The molecule has 0 bridgehead atoms. The SMILES string of the molecule is Cc1nc2ccc(N3CC[C@H](F)C3)nn2c1C(=O)Nc1cnccn1. The van der Waals surface area contributed by atoms with E-state index < -0.39 is 6.17 Å². The van der Waals surface area contributed by atoms with Gasteiger partial charge in [0, 0.05) is 18.9 Å². The van der Waals surface area contributed by atoms with Gasteiger partial charge in [0.2, 0.25) is 0 Å². The minimum absolute atomic E-state index is 0.313. The van der Waals surface area contributed by atoms with E-state index in [1.54, 1.807) is 19.1 Å². The molecule has 3 aromatic heterocycles. The average Bonchev–Trinajstić information content (AvgIpc) is 3.17. The summed E-state index contributed by atoms with van der Waals surface area (Å²) in [5, 5.41) is 7.18. The summed E-state index contributed by atoms with van der Waals surface area (Å²) in [4.78, 5) is 26.8. The lowest BCUT2D eigenvalue weighted by atomic mass is 10.3. The number of fused-ring (bicyclic) bond motifs is 1. The van der Waals surface area contributed by atoms with E-state index in [9.17, 15) is 9.18 Å². The number of hydrogen-bond acceptors (Lipinski definition) is 6. The molecule has 1 N–H and O–H groups in total. The monoisotopic (exact) mass is 341 g/mol. The zero-order valence-corrected chi connectivity index (χ0v) is 13.6. The number of alkyl halides is 1. The van der Waals surface area contributed by atoms with Crippen molar-refractivity contribution in [2.75, 3.05) is 23.3 Å². The molecule has 25 heavy (non-hydrogen) atoms. The second-order valence-electron chi connectivity index (χ2n) is 5.88. The maximum absolute atomic E-state index is 13.5. The van der Waals surface area contributed by atoms with Crippen molar-refractivity contribution in [2.45, 2.75) is 19.5 Å². The van der Waals surface area contributed by atoms with Crippen molar-refractivity contribution >= 4 is 23.2 Å². The molecule has 9 heteroatoms. The first kappa shape index (κ1) is 15.4. The summed E-state index contributed by atoms with van der Waals surface area (Å²) in [5.74, 6) is 0.594. The van der Waals surface area contributed by atoms with Crippen LogP contribution in [-0.4, -0.2) is 49.7 Å². The number of aromatic nitrogens is 5. The third kappa shape index (κ3) is 2.88. The molecule has 0 aromatic carbocycles. The van der Waals surface area contributed by atoms with Crippen molar-refractivity contribution in [3.8, 4) is 0 Å². The molecule has 128 valence electrons. The maximum Gasteiger partial charge on any atom is 0.277 e. The molecule has 1 aliphatic rings. The number of halogens is 1. The zero-order chi connectivity index (χ0) is 17.4. The number of hydrogen-bond donors (Lipinski definition) is 1. The van der Waals surface area contributed by atoms with Gasteiger partial charge in [0.05, 0.1) is 18.4 Å². The molecule has 0 unspecified atom stereocenters. The molecular formula is C16H16FN7O. The van der Waals surface area contributed by atoms with E-state index in [1.807, 2.05) is 4.90 Å². The van der Waals surface area contributed by atoms with Gasteiger partial charge >= 0.3 is 0 Å². The Kier molecular flexibility index (Phi) is 3.75. The predicted octanol–water partition coefficient (Wildman–Crippen LogP) is 1.63. The van der Waals surface area contributed by atoms with Crippen LogP contribution in [0.5, 0.6) is 0 Å². The molecule has 1 amide bonds. The lowest BCUT2D eigenvalue weighted by molar-refractivity contribution is 0.101. The van der Waals surface area contributed by atoms with Crippen LogP contribution in [0.3, 0.4) is 0 Å². The third-order valence-corrected chi connectivity index (χ3v) is 4.11. The molecule has 8 nitrogen and oxygen atoms in total. The Morgan fingerprint density at radius 3 is 2.96 bits per heavy atom. The highest BCUT2D eigenvalue weighted by molar-refractivity contribution is 6.03. The van der Waals surface area contributed by atoms with E-state index >= 15 is 0 Å². The number of nitrogens with one attached hydrogen (secondary N) is 1. The Morgan fingerprint density at radius 2 is 2.24 bits per heavy atom. The quantitative estimate of drug-likeness (QED) is 0.779. The lowest BCUT2D eigenvalue weighted by Crippen LogP contribution is -2.23. The number of carbonyl (C=O) groups excluding carboxylic acids is 1. The summed E-state index contributed by atoms with van der Waals surface area (Å²) in [6.07, 6.45) is 4.12. The molecule has 1 fully saturated rings. The molecule has 4 heterocycles. The number of amides is 1. The number of carbonyl (C=O) groups is 1. The van der Waals surface area contributed by atoms with Gasteiger partial charge in [-0.25, -0.2) is 18.9 Å². The maximum atomic E-state index is 13.5. The van der Waals surface area contributed by atoms with Crippen LogP contribution >= 0.6 is 0 Å². The number of imidazole rings is 1. The summed E-state index contributed by atoms with van der Waals surface area (Å²) in [6.45, 7) is 2.66. The van der Waals surface area contributed by atoms with Crippen LogP contribution in [0.4, 0.5) is 16.0 Å². The van der Waals surface area contributed by atoms with Gasteiger partial charge in [0.1, 0.15) is 12.0 Å². The van der Waals surface area contributed by atoms with Gasteiger partial charge in [-0.15, -0.1) is 5.10 Å². The van der Waals surface area contributed by atoms with Crippen LogP contribution in [0.1, 0.15) is 22.6 Å². The molecule has 1 atom stereocenters. The summed E-state index contributed by atoms with van der Waals surface area (Å²) in [5.41, 5.74) is 1.43. The molecule has 0 saturated carbocycles. The van der Waals surface area contributed by atoms with Crippen LogP contribution in [0, 0.1) is 6.92 Å². The third-order valence-electron chi connectivity index (χ3n) is 4.11. The van der Waals surface area contributed by atoms with Gasteiger partial charge < -0.3 is 10.2 Å². The van der Waals surface area contributed by atoms with E-state index in [0.717, 1.165) is 0 Å². The topological polar surface area (TPSA) is 88.3 Å². The fraction of sp³-hybridized carbons (Fsp3) is 0.312. The van der Waals surface area contributed by atoms with Crippen LogP contribution < -0.4 is 10.2 Å². The summed E-state index contributed by atoms with van der Waals surface area (Å²) < 4.78 is 14.9. The highest BCUT2D eigenvalue weighted by Gasteiger charge is 2.24. The molecule has 1 aliphatic heterocycles. The van der Waals surface area contributed by atoms with E-state index in [0.29, 0.717) is 48.2 Å². The average molecular weight is 341 g/mol. The van der Waals surface area contributed by atoms with Crippen molar-refractivity contribution < 1.29 is 9.18 Å². The molecule has 1 saturated heterocycles. The number of rotatable bonds is 3. The fourth-order valence-electron chi connectivity index (χ4n) is 2.93.